The second-order valence-electron chi connectivity index (χ2n) is 6.11. The molecule has 1 amide bonds. The lowest BCUT2D eigenvalue weighted by Gasteiger charge is -2.24. The van der Waals surface area contributed by atoms with E-state index in [1.54, 1.807) is 7.11 Å². The summed E-state index contributed by atoms with van der Waals surface area (Å²) < 4.78 is 5.16. The first-order valence-electron chi connectivity index (χ1n) is 7.38. The Morgan fingerprint density at radius 1 is 1.00 bits per heavy atom. The van der Waals surface area contributed by atoms with Crippen molar-refractivity contribution in [3.63, 3.8) is 0 Å². The van der Waals surface area contributed by atoms with Crippen molar-refractivity contribution in [3.05, 3.63) is 59.2 Å². The molecular weight excluding hydrogens is 274 g/mol. The van der Waals surface area contributed by atoms with Crippen LogP contribution in [0.5, 0.6) is 5.75 Å². The van der Waals surface area contributed by atoms with Gasteiger partial charge in [-0.25, -0.2) is 0 Å². The third-order valence-electron chi connectivity index (χ3n) is 4.14. The molecule has 2 aromatic carbocycles. The Hall–Kier alpha value is -2.29. The summed E-state index contributed by atoms with van der Waals surface area (Å²) in [6.07, 6.45) is 0. The summed E-state index contributed by atoms with van der Waals surface area (Å²) >= 11 is 0. The van der Waals surface area contributed by atoms with E-state index in [1.165, 1.54) is 11.1 Å². The lowest BCUT2D eigenvalue weighted by molar-refractivity contribution is -0.120. The molecule has 0 aliphatic heterocycles. The van der Waals surface area contributed by atoms with Crippen molar-refractivity contribution < 1.29 is 9.53 Å². The van der Waals surface area contributed by atoms with Crippen molar-refractivity contribution in [1.82, 2.24) is 0 Å². The van der Waals surface area contributed by atoms with Crippen LogP contribution in [0.25, 0.3) is 0 Å². The van der Waals surface area contributed by atoms with E-state index in [4.69, 9.17) is 4.74 Å². The van der Waals surface area contributed by atoms with Crippen LogP contribution in [0.1, 0.15) is 30.5 Å². The Labute approximate surface area is 132 Å². The summed E-state index contributed by atoms with van der Waals surface area (Å²) in [5.74, 6) is 0.759. The minimum atomic E-state index is -0.620. The Bertz CT molecular complexity index is 672. The number of amides is 1. The number of benzene rings is 2. The van der Waals surface area contributed by atoms with Gasteiger partial charge in [0.25, 0.3) is 0 Å². The highest BCUT2D eigenvalue weighted by Gasteiger charge is 2.29. The van der Waals surface area contributed by atoms with Crippen molar-refractivity contribution >= 4 is 11.6 Å². The van der Waals surface area contributed by atoms with Gasteiger partial charge in [-0.3, -0.25) is 4.79 Å². The first-order chi connectivity index (χ1) is 10.3. The zero-order valence-corrected chi connectivity index (χ0v) is 13.9. The molecular formula is C19H23NO2. The molecule has 0 saturated heterocycles. The smallest absolute Gasteiger partial charge is 0.234 e. The number of aryl methyl sites for hydroxylation is 2. The quantitative estimate of drug-likeness (QED) is 0.917. The van der Waals surface area contributed by atoms with Crippen LogP contribution in [0.3, 0.4) is 0 Å². The second kappa shape index (κ2) is 6.22. The fourth-order valence-corrected chi connectivity index (χ4v) is 2.25. The molecule has 0 bridgehead atoms. The maximum atomic E-state index is 12.6. The largest absolute Gasteiger partial charge is 0.497 e. The Kier molecular flexibility index (Phi) is 4.55. The Morgan fingerprint density at radius 3 is 2.18 bits per heavy atom. The van der Waals surface area contributed by atoms with Gasteiger partial charge in [-0.2, -0.15) is 0 Å². The van der Waals surface area contributed by atoms with E-state index in [1.807, 2.05) is 63.2 Å². The standard InChI is InChI=1S/C19H23NO2/c1-13-6-9-16(12-14(13)2)20-18(21)19(3,4)15-7-10-17(22-5)11-8-15/h6-12H,1-5H3,(H,20,21). The lowest BCUT2D eigenvalue weighted by atomic mass is 9.83. The van der Waals surface area contributed by atoms with Crippen LogP contribution in [0, 0.1) is 13.8 Å². The van der Waals surface area contributed by atoms with E-state index in [-0.39, 0.29) is 5.91 Å². The van der Waals surface area contributed by atoms with Gasteiger partial charge in [0.05, 0.1) is 12.5 Å². The fourth-order valence-electron chi connectivity index (χ4n) is 2.25. The molecule has 1 N–H and O–H groups in total. The molecule has 0 aliphatic carbocycles. The van der Waals surface area contributed by atoms with Gasteiger partial charge < -0.3 is 10.1 Å². The molecule has 2 rings (SSSR count). The Morgan fingerprint density at radius 2 is 1.64 bits per heavy atom. The van der Waals surface area contributed by atoms with Gasteiger partial charge in [0.1, 0.15) is 5.75 Å². The van der Waals surface area contributed by atoms with Gasteiger partial charge in [-0.1, -0.05) is 18.2 Å². The average molecular weight is 297 g/mol. The molecule has 0 heterocycles. The predicted octanol–water partition coefficient (Wildman–Crippen LogP) is 4.23. The van der Waals surface area contributed by atoms with E-state index < -0.39 is 5.41 Å². The molecule has 3 heteroatoms. The summed E-state index contributed by atoms with van der Waals surface area (Å²) in [4.78, 5) is 12.6. The molecule has 0 unspecified atom stereocenters. The summed E-state index contributed by atoms with van der Waals surface area (Å²) in [7, 11) is 1.63. The van der Waals surface area contributed by atoms with Gasteiger partial charge >= 0.3 is 0 Å². The van der Waals surface area contributed by atoms with Crippen molar-refractivity contribution in [2.75, 3.05) is 12.4 Å². The van der Waals surface area contributed by atoms with Crippen molar-refractivity contribution in [1.29, 1.82) is 0 Å². The third-order valence-corrected chi connectivity index (χ3v) is 4.14. The first-order valence-corrected chi connectivity index (χ1v) is 7.38. The van der Waals surface area contributed by atoms with Gasteiger partial charge in [0, 0.05) is 5.69 Å². The number of nitrogens with one attached hydrogen (secondary N) is 1. The maximum absolute atomic E-state index is 12.6. The predicted molar refractivity (Wildman–Crippen MR) is 90.6 cm³/mol. The van der Waals surface area contributed by atoms with E-state index in [9.17, 15) is 4.79 Å². The fraction of sp³-hybridized carbons (Fsp3) is 0.316. The number of hydrogen-bond acceptors (Lipinski definition) is 2. The number of carbonyl (C=O) groups excluding carboxylic acids is 1. The molecule has 0 atom stereocenters. The average Bonchev–Trinajstić information content (AvgIpc) is 2.51. The number of anilines is 1. The summed E-state index contributed by atoms with van der Waals surface area (Å²) in [5.41, 5.74) is 3.54. The second-order valence-corrected chi connectivity index (χ2v) is 6.11. The molecule has 0 saturated carbocycles. The van der Waals surface area contributed by atoms with E-state index in [2.05, 4.69) is 12.2 Å². The van der Waals surface area contributed by atoms with Crippen LogP contribution < -0.4 is 10.1 Å². The summed E-state index contributed by atoms with van der Waals surface area (Å²) in [6.45, 7) is 7.94. The van der Waals surface area contributed by atoms with Crippen molar-refractivity contribution in [2.45, 2.75) is 33.1 Å². The van der Waals surface area contributed by atoms with Gasteiger partial charge in [-0.15, -0.1) is 0 Å². The molecule has 0 radical (unpaired) electrons. The molecule has 0 aliphatic rings. The van der Waals surface area contributed by atoms with E-state index >= 15 is 0 Å². The third kappa shape index (κ3) is 3.30. The number of carbonyl (C=O) groups is 1. The highest BCUT2D eigenvalue weighted by atomic mass is 16.5. The molecule has 116 valence electrons. The zero-order chi connectivity index (χ0) is 16.3. The maximum Gasteiger partial charge on any atom is 0.234 e. The van der Waals surface area contributed by atoms with Gasteiger partial charge in [0.2, 0.25) is 5.91 Å². The summed E-state index contributed by atoms with van der Waals surface area (Å²) in [6, 6.07) is 13.6. The number of ether oxygens (including phenoxy) is 1. The van der Waals surface area contributed by atoms with Crippen LogP contribution in [-0.2, 0) is 10.2 Å². The number of hydrogen-bond donors (Lipinski definition) is 1. The SMILES string of the molecule is COc1ccc(C(C)(C)C(=O)Nc2ccc(C)c(C)c2)cc1. The molecule has 0 aromatic heterocycles. The minimum absolute atomic E-state index is 0.0269. The van der Waals surface area contributed by atoms with Crippen LogP contribution in [0.4, 0.5) is 5.69 Å². The van der Waals surface area contributed by atoms with E-state index in [0.717, 1.165) is 17.0 Å². The monoisotopic (exact) mass is 297 g/mol. The van der Waals surface area contributed by atoms with Crippen LogP contribution in [0.15, 0.2) is 42.5 Å². The van der Waals surface area contributed by atoms with Crippen LogP contribution in [0.2, 0.25) is 0 Å². The highest BCUT2D eigenvalue weighted by molar-refractivity contribution is 5.98. The topological polar surface area (TPSA) is 38.3 Å². The van der Waals surface area contributed by atoms with Gasteiger partial charge in [-0.05, 0) is 68.7 Å². The molecule has 3 nitrogen and oxygen atoms in total. The molecule has 0 fully saturated rings. The number of methoxy groups -OCH3 is 1. The van der Waals surface area contributed by atoms with Crippen molar-refractivity contribution in [2.24, 2.45) is 0 Å². The number of rotatable bonds is 4. The van der Waals surface area contributed by atoms with E-state index in [0.29, 0.717) is 0 Å². The lowest BCUT2D eigenvalue weighted by Crippen LogP contribution is -2.34. The molecule has 22 heavy (non-hydrogen) atoms. The molecule has 2 aromatic rings. The van der Waals surface area contributed by atoms with Crippen LogP contribution in [-0.4, -0.2) is 13.0 Å². The minimum Gasteiger partial charge on any atom is -0.497 e. The first kappa shape index (κ1) is 16.1. The zero-order valence-electron chi connectivity index (χ0n) is 13.9. The summed E-state index contributed by atoms with van der Waals surface area (Å²) in [5, 5.41) is 3.01. The highest BCUT2D eigenvalue weighted by Crippen LogP contribution is 2.27. The molecule has 0 spiro atoms. The van der Waals surface area contributed by atoms with Crippen LogP contribution >= 0.6 is 0 Å². The van der Waals surface area contributed by atoms with Gasteiger partial charge in [0.15, 0.2) is 0 Å². The Balaban J connectivity index is 2.20. The van der Waals surface area contributed by atoms with Crippen molar-refractivity contribution in [3.8, 4) is 5.75 Å². The normalized spacial score (nSPS) is 11.1.